The van der Waals surface area contributed by atoms with Crippen LogP contribution in [0.2, 0.25) is 5.02 Å². The van der Waals surface area contributed by atoms with Crippen LogP contribution in [0.5, 0.6) is 0 Å². The highest BCUT2D eigenvalue weighted by Gasteiger charge is 2.40. The zero-order valence-electron chi connectivity index (χ0n) is 14.7. The minimum absolute atomic E-state index is 0.0757. The standard InChI is InChI=1S/C18H25ClN4O2/c1-12-16(19)10-22(20-12)11-17(24)23-8-13-5-6-15(23)9-21(7-13)18(25)14-3-2-4-14/h10,13-15H,2-9,11H2,1H3/t13-,15+/m0/s1. The summed E-state index contributed by atoms with van der Waals surface area (Å²) < 4.78 is 1.62. The molecule has 1 aliphatic carbocycles. The normalized spacial score (nSPS) is 26.5. The number of amides is 2. The molecule has 4 heterocycles. The number of carbonyl (C=O) groups is 2. The van der Waals surface area contributed by atoms with Gasteiger partial charge in [0.2, 0.25) is 11.8 Å². The van der Waals surface area contributed by atoms with Crippen molar-refractivity contribution in [2.45, 2.75) is 51.6 Å². The largest absolute Gasteiger partial charge is 0.340 e. The number of piperidine rings is 1. The number of hydrogen-bond donors (Lipinski definition) is 0. The summed E-state index contributed by atoms with van der Waals surface area (Å²) in [5.41, 5.74) is 0.740. The molecule has 0 aromatic carbocycles. The van der Waals surface area contributed by atoms with Crippen LogP contribution in [-0.4, -0.2) is 57.1 Å². The molecule has 136 valence electrons. The molecule has 2 amide bonds. The molecule has 3 saturated heterocycles. The topological polar surface area (TPSA) is 58.4 Å². The van der Waals surface area contributed by atoms with Crippen molar-refractivity contribution >= 4 is 23.4 Å². The van der Waals surface area contributed by atoms with Gasteiger partial charge in [-0.1, -0.05) is 18.0 Å². The second-order valence-electron chi connectivity index (χ2n) is 7.77. The lowest BCUT2D eigenvalue weighted by Gasteiger charge is -2.36. The molecule has 4 fully saturated rings. The first-order chi connectivity index (χ1) is 12.0. The summed E-state index contributed by atoms with van der Waals surface area (Å²) in [5.74, 6) is 1.02. The van der Waals surface area contributed by atoms with Crippen molar-refractivity contribution in [3.05, 3.63) is 16.9 Å². The molecule has 1 saturated carbocycles. The van der Waals surface area contributed by atoms with E-state index in [1.54, 1.807) is 10.9 Å². The maximum absolute atomic E-state index is 12.8. The lowest BCUT2D eigenvalue weighted by atomic mass is 9.84. The SMILES string of the molecule is Cc1nn(CC(=O)N2C[C@H]3CC[C@@H]2CN(C(=O)C2CCC2)C3)cc1Cl. The first-order valence-electron chi connectivity index (χ1n) is 9.29. The molecule has 1 aromatic rings. The van der Waals surface area contributed by atoms with E-state index < -0.39 is 0 Å². The number of fused-ring (bicyclic) bond motifs is 4. The third-order valence-electron chi connectivity index (χ3n) is 5.98. The Morgan fingerprint density at radius 2 is 2.00 bits per heavy atom. The second-order valence-corrected chi connectivity index (χ2v) is 8.18. The average Bonchev–Trinajstić information content (AvgIpc) is 2.72. The molecule has 2 atom stereocenters. The lowest BCUT2D eigenvalue weighted by Crippen LogP contribution is -2.49. The van der Waals surface area contributed by atoms with Crippen molar-refractivity contribution in [3.8, 4) is 0 Å². The monoisotopic (exact) mass is 364 g/mol. The van der Waals surface area contributed by atoms with E-state index in [0.29, 0.717) is 23.4 Å². The third kappa shape index (κ3) is 3.28. The highest BCUT2D eigenvalue weighted by Crippen LogP contribution is 2.33. The molecule has 0 unspecified atom stereocenters. The van der Waals surface area contributed by atoms with E-state index in [1.165, 1.54) is 6.42 Å². The number of aromatic nitrogens is 2. The van der Waals surface area contributed by atoms with Crippen molar-refractivity contribution in [2.24, 2.45) is 11.8 Å². The van der Waals surface area contributed by atoms with Crippen molar-refractivity contribution in [1.82, 2.24) is 19.6 Å². The number of aryl methyl sites for hydroxylation is 1. The summed E-state index contributed by atoms with van der Waals surface area (Å²) in [4.78, 5) is 29.5. The van der Waals surface area contributed by atoms with Gasteiger partial charge in [-0.05, 0) is 38.5 Å². The molecule has 5 rings (SSSR count). The van der Waals surface area contributed by atoms with Gasteiger partial charge >= 0.3 is 0 Å². The molecule has 7 heteroatoms. The van der Waals surface area contributed by atoms with Crippen LogP contribution >= 0.6 is 11.6 Å². The first kappa shape index (κ1) is 16.9. The zero-order valence-corrected chi connectivity index (χ0v) is 15.4. The van der Waals surface area contributed by atoms with E-state index in [9.17, 15) is 9.59 Å². The maximum atomic E-state index is 12.8. The van der Waals surface area contributed by atoms with Gasteiger partial charge < -0.3 is 9.80 Å². The van der Waals surface area contributed by atoms with Gasteiger partial charge in [-0.2, -0.15) is 5.10 Å². The van der Waals surface area contributed by atoms with Gasteiger partial charge in [0.1, 0.15) is 6.54 Å². The van der Waals surface area contributed by atoms with Gasteiger partial charge in [-0.3, -0.25) is 14.3 Å². The number of halogens is 1. The van der Waals surface area contributed by atoms with Crippen LogP contribution in [0.1, 0.15) is 37.8 Å². The highest BCUT2D eigenvalue weighted by molar-refractivity contribution is 6.31. The summed E-state index contributed by atoms with van der Waals surface area (Å²) in [6.07, 6.45) is 7.05. The Kier molecular flexibility index (Phi) is 4.48. The smallest absolute Gasteiger partial charge is 0.244 e. The molecule has 1 aromatic heterocycles. The second kappa shape index (κ2) is 6.63. The Hall–Kier alpha value is -1.56. The Bertz CT molecular complexity index is 665. The van der Waals surface area contributed by atoms with Crippen LogP contribution in [-0.2, 0) is 16.1 Å². The fourth-order valence-electron chi connectivity index (χ4n) is 4.28. The fraction of sp³-hybridized carbons (Fsp3) is 0.722. The fourth-order valence-corrected chi connectivity index (χ4v) is 4.44. The molecule has 0 N–H and O–H groups in total. The summed E-state index contributed by atoms with van der Waals surface area (Å²) in [6, 6.07) is 0.141. The molecule has 3 aliphatic heterocycles. The summed E-state index contributed by atoms with van der Waals surface area (Å²) >= 11 is 6.04. The molecule has 0 spiro atoms. The van der Waals surface area contributed by atoms with Gasteiger partial charge in [0.05, 0.1) is 10.7 Å². The van der Waals surface area contributed by atoms with Crippen LogP contribution in [0.15, 0.2) is 6.20 Å². The molecular weight excluding hydrogens is 340 g/mol. The van der Waals surface area contributed by atoms with Gasteiger partial charge in [0.25, 0.3) is 0 Å². The van der Waals surface area contributed by atoms with Gasteiger partial charge in [0.15, 0.2) is 0 Å². The van der Waals surface area contributed by atoms with Crippen LogP contribution in [0.25, 0.3) is 0 Å². The predicted molar refractivity (Wildman–Crippen MR) is 94.1 cm³/mol. The van der Waals surface area contributed by atoms with Gasteiger partial charge in [0, 0.05) is 37.8 Å². The van der Waals surface area contributed by atoms with Crippen LogP contribution < -0.4 is 0 Å². The molecule has 4 aliphatic rings. The van der Waals surface area contributed by atoms with E-state index in [4.69, 9.17) is 11.6 Å². The number of hydrogen-bond acceptors (Lipinski definition) is 3. The molecule has 6 nitrogen and oxygen atoms in total. The van der Waals surface area contributed by atoms with E-state index in [0.717, 1.165) is 44.5 Å². The molecule has 2 bridgehead atoms. The van der Waals surface area contributed by atoms with Crippen molar-refractivity contribution in [2.75, 3.05) is 19.6 Å². The Labute approximate surface area is 153 Å². The van der Waals surface area contributed by atoms with Crippen molar-refractivity contribution in [3.63, 3.8) is 0 Å². The van der Waals surface area contributed by atoms with Crippen molar-refractivity contribution < 1.29 is 9.59 Å². The Morgan fingerprint density at radius 1 is 1.20 bits per heavy atom. The quantitative estimate of drug-likeness (QED) is 0.825. The lowest BCUT2D eigenvalue weighted by molar-refractivity contribution is -0.140. The Balaban J connectivity index is 1.44. The highest BCUT2D eigenvalue weighted by atomic mass is 35.5. The number of nitrogens with zero attached hydrogens (tertiary/aromatic N) is 4. The van der Waals surface area contributed by atoms with Gasteiger partial charge in [-0.25, -0.2) is 0 Å². The summed E-state index contributed by atoms with van der Waals surface area (Å²) in [7, 11) is 0. The maximum Gasteiger partial charge on any atom is 0.244 e. The van der Waals surface area contributed by atoms with E-state index in [2.05, 4.69) is 5.10 Å². The zero-order chi connectivity index (χ0) is 17.6. The number of carbonyl (C=O) groups excluding carboxylic acids is 2. The summed E-state index contributed by atoms with van der Waals surface area (Å²) in [5, 5.41) is 4.87. The van der Waals surface area contributed by atoms with Crippen LogP contribution in [0, 0.1) is 18.8 Å². The third-order valence-corrected chi connectivity index (χ3v) is 6.35. The minimum Gasteiger partial charge on any atom is -0.340 e. The minimum atomic E-state index is 0.0757. The molecular formula is C18H25ClN4O2. The number of rotatable bonds is 3. The van der Waals surface area contributed by atoms with E-state index >= 15 is 0 Å². The first-order valence-corrected chi connectivity index (χ1v) is 9.67. The summed E-state index contributed by atoms with van der Waals surface area (Å²) in [6.45, 7) is 4.30. The van der Waals surface area contributed by atoms with Crippen LogP contribution in [0.4, 0.5) is 0 Å². The van der Waals surface area contributed by atoms with E-state index in [-0.39, 0.29) is 24.4 Å². The van der Waals surface area contributed by atoms with Crippen molar-refractivity contribution in [1.29, 1.82) is 0 Å². The molecule has 0 radical (unpaired) electrons. The van der Waals surface area contributed by atoms with Gasteiger partial charge in [-0.15, -0.1) is 0 Å². The Morgan fingerprint density at radius 3 is 2.64 bits per heavy atom. The predicted octanol–water partition coefficient (Wildman–Crippen LogP) is 2.09. The molecule has 25 heavy (non-hydrogen) atoms. The van der Waals surface area contributed by atoms with Crippen LogP contribution in [0.3, 0.4) is 0 Å². The average molecular weight is 365 g/mol. The van der Waals surface area contributed by atoms with E-state index in [1.807, 2.05) is 16.7 Å².